The minimum Gasteiger partial charge on any atom is -0.258 e. The van der Waals surface area contributed by atoms with Crippen LogP contribution >= 0.6 is 11.6 Å². The summed E-state index contributed by atoms with van der Waals surface area (Å²) in [6.07, 6.45) is 7.81. The predicted molar refractivity (Wildman–Crippen MR) is 74.2 cm³/mol. The topological polar surface area (TPSA) is 75.2 Å². The van der Waals surface area contributed by atoms with Crippen LogP contribution in [0.2, 0.25) is 5.15 Å². The zero-order valence-electron chi connectivity index (χ0n) is 10.7. The molecule has 8 heteroatoms. The fraction of sp³-hybridized carbons (Fsp3) is 0.636. The van der Waals surface area contributed by atoms with Crippen LogP contribution in [-0.4, -0.2) is 35.8 Å². The van der Waals surface area contributed by atoms with E-state index in [1.165, 1.54) is 23.1 Å². The van der Waals surface area contributed by atoms with Crippen molar-refractivity contribution in [2.45, 2.75) is 38.1 Å². The minimum absolute atomic E-state index is 0.0541. The van der Waals surface area contributed by atoms with Crippen LogP contribution in [0.1, 0.15) is 32.1 Å². The fourth-order valence-corrected chi connectivity index (χ4v) is 3.49. The van der Waals surface area contributed by atoms with Crippen LogP contribution < -0.4 is 4.72 Å². The van der Waals surface area contributed by atoms with Gasteiger partial charge in [0.15, 0.2) is 5.82 Å². The lowest BCUT2D eigenvalue weighted by Crippen LogP contribution is -2.41. The van der Waals surface area contributed by atoms with Crippen LogP contribution in [0.15, 0.2) is 12.4 Å². The largest absolute Gasteiger partial charge is 0.302 e. The van der Waals surface area contributed by atoms with Gasteiger partial charge in [-0.3, -0.25) is 9.71 Å². The molecule has 1 N–H and O–H groups in total. The molecule has 6 nitrogen and oxygen atoms in total. The van der Waals surface area contributed by atoms with Crippen LogP contribution in [0.4, 0.5) is 5.82 Å². The first-order chi connectivity index (χ1) is 8.99. The molecule has 1 fully saturated rings. The molecule has 0 unspecified atom stereocenters. The molecule has 0 aromatic carbocycles. The monoisotopic (exact) mass is 304 g/mol. The quantitative estimate of drug-likeness (QED) is 0.924. The molecule has 0 atom stereocenters. The van der Waals surface area contributed by atoms with E-state index in [0.29, 0.717) is 0 Å². The van der Waals surface area contributed by atoms with Gasteiger partial charge in [0, 0.05) is 13.1 Å². The van der Waals surface area contributed by atoms with Crippen LogP contribution in [0.25, 0.3) is 0 Å². The van der Waals surface area contributed by atoms with Crippen molar-refractivity contribution in [2.75, 3.05) is 11.8 Å². The van der Waals surface area contributed by atoms with E-state index in [-0.39, 0.29) is 17.0 Å². The van der Waals surface area contributed by atoms with Crippen LogP contribution in [-0.2, 0) is 10.2 Å². The number of hydrogen-bond donors (Lipinski definition) is 1. The van der Waals surface area contributed by atoms with E-state index in [1.54, 1.807) is 7.05 Å². The standard InChI is InChI=1S/C11H17ClN4O2S/c1-16(9-5-3-2-4-6-9)19(17,18)15-11-8-13-7-10(12)14-11/h7-9H,2-6H2,1H3,(H,14,15). The highest BCUT2D eigenvalue weighted by atomic mass is 35.5. The average molecular weight is 305 g/mol. The van der Waals surface area contributed by atoms with Crippen molar-refractivity contribution in [3.63, 3.8) is 0 Å². The highest BCUT2D eigenvalue weighted by molar-refractivity contribution is 7.90. The van der Waals surface area contributed by atoms with Gasteiger partial charge in [0.1, 0.15) is 5.15 Å². The normalized spacial score (nSPS) is 17.6. The maximum atomic E-state index is 12.2. The Morgan fingerprint density at radius 3 is 2.63 bits per heavy atom. The lowest BCUT2D eigenvalue weighted by atomic mass is 9.96. The van der Waals surface area contributed by atoms with Gasteiger partial charge in [0.25, 0.3) is 0 Å². The van der Waals surface area contributed by atoms with E-state index in [1.807, 2.05) is 0 Å². The second-order valence-electron chi connectivity index (χ2n) is 4.64. The summed E-state index contributed by atoms with van der Waals surface area (Å²) in [6, 6.07) is 0.0541. The Morgan fingerprint density at radius 1 is 1.32 bits per heavy atom. The summed E-state index contributed by atoms with van der Waals surface area (Å²) in [5.41, 5.74) is 0. The molecule has 2 rings (SSSR count). The third kappa shape index (κ3) is 3.77. The lowest BCUT2D eigenvalue weighted by Gasteiger charge is -2.30. The zero-order chi connectivity index (χ0) is 13.9. The molecule has 1 aliphatic rings. The Labute approximate surface area is 118 Å². The molecule has 0 aliphatic heterocycles. The molecule has 1 aromatic heterocycles. The van der Waals surface area contributed by atoms with E-state index >= 15 is 0 Å². The van der Waals surface area contributed by atoms with Gasteiger partial charge >= 0.3 is 10.2 Å². The minimum atomic E-state index is -3.61. The number of hydrogen-bond acceptors (Lipinski definition) is 4. The van der Waals surface area contributed by atoms with E-state index in [2.05, 4.69) is 14.7 Å². The van der Waals surface area contributed by atoms with Crippen LogP contribution in [0.5, 0.6) is 0 Å². The molecule has 1 saturated carbocycles. The molecule has 1 aliphatic carbocycles. The first-order valence-electron chi connectivity index (χ1n) is 6.22. The summed E-state index contributed by atoms with van der Waals surface area (Å²) in [6.45, 7) is 0. The van der Waals surface area contributed by atoms with Crippen LogP contribution in [0.3, 0.4) is 0 Å². The Kier molecular flexibility index (Phi) is 4.59. The summed E-state index contributed by atoms with van der Waals surface area (Å²) >= 11 is 5.68. The molecule has 0 bridgehead atoms. The van der Waals surface area contributed by atoms with E-state index in [0.717, 1.165) is 25.7 Å². The molecule has 1 aromatic rings. The SMILES string of the molecule is CN(C1CCCCC1)S(=O)(=O)Nc1cncc(Cl)n1. The van der Waals surface area contributed by atoms with E-state index in [4.69, 9.17) is 11.6 Å². The summed E-state index contributed by atoms with van der Waals surface area (Å²) < 4.78 is 28.2. The van der Waals surface area contributed by atoms with Crippen molar-refractivity contribution in [1.29, 1.82) is 0 Å². The van der Waals surface area contributed by atoms with Gasteiger partial charge in [0.05, 0.1) is 12.4 Å². The molecule has 0 spiro atoms. The Bertz CT molecular complexity index is 531. The number of aromatic nitrogens is 2. The van der Waals surface area contributed by atoms with Crippen molar-refractivity contribution < 1.29 is 8.42 Å². The van der Waals surface area contributed by atoms with Gasteiger partial charge in [-0.25, -0.2) is 4.98 Å². The van der Waals surface area contributed by atoms with Gasteiger partial charge in [-0.1, -0.05) is 30.9 Å². The van der Waals surface area contributed by atoms with Crippen molar-refractivity contribution in [1.82, 2.24) is 14.3 Å². The van der Waals surface area contributed by atoms with Crippen LogP contribution in [0, 0.1) is 0 Å². The summed E-state index contributed by atoms with van der Waals surface area (Å²) in [5, 5.41) is 0.153. The average Bonchev–Trinajstić information content (AvgIpc) is 2.38. The Balaban J connectivity index is 2.08. The molecule has 19 heavy (non-hydrogen) atoms. The zero-order valence-corrected chi connectivity index (χ0v) is 12.3. The van der Waals surface area contributed by atoms with Crippen molar-refractivity contribution in [3.05, 3.63) is 17.5 Å². The highest BCUT2D eigenvalue weighted by Crippen LogP contribution is 2.24. The van der Waals surface area contributed by atoms with Gasteiger partial charge in [-0.2, -0.15) is 12.7 Å². The molecule has 0 amide bonds. The van der Waals surface area contributed by atoms with Gasteiger partial charge in [-0.05, 0) is 12.8 Å². The molecule has 106 valence electrons. The molecule has 0 saturated heterocycles. The fourth-order valence-electron chi connectivity index (χ4n) is 2.24. The summed E-state index contributed by atoms with van der Waals surface area (Å²) in [7, 11) is -2.01. The summed E-state index contributed by atoms with van der Waals surface area (Å²) in [5.74, 6) is 0.134. The van der Waals surface area contributed by atoms with E-state index in [9.17, 15) is 8.42 Å². The number of anilines is 1. The number of halogens is 1. The second-order valence-corrected chi connectivity index (χ2v) is 6.76. The third-order valence-electron chi connectivity index (χ3n) is 3.31. The molecule has 0 radical (unpaired) electrons. The van der Waals surface area contributed by atoms with Crippen molar-refractivity contribution in [2.24, 2.45) is 0 Å². The van der Waals surface area contributed by atoms with Gasteiger partial charge in [-0.15, -0.1) is 0 Å². The van der Waals surface area contributed by atoms with Crippen molar-refractivity contribution in [3.8, 4) is 0 Å². The second kappa shape index (κ2) is 6.02. The van der Waals surface area contributed by atoms with Gasteiger partial charge < -0.3 is 0 Å². The first kappa shape index (κ1) is 14.5. The smallest absolute Gasteiger partial charge is 0.258 e. The number of nitrogens with one attached hydrogen (secondary N) is 1. The van der Waals surface area contributed by atoms with E-state index < -0.39 is 10.2 Å². The molecular formula is C11H17ClN4O2S. The Morgan fingerprint density at radius 2 is 2.00 bits per heavy atom. The highest BCUT2D eigenvalue weighted by Gasteiger charge is 2.27. The van der Waals surface area contributed by atoms with Crippen molar-refractivity contribution >= 4 is 27.6 Å². The number of nitrogens with zero attached hydrogens (tertiary/aromatic N) is 3. The molecule has 1 heterocycles. The lowest BCUT2D eigenvalue weighted by molar-refractivity contribution is 0.287. The first-order valence-corrected chi connectivity index (χ1v) is 8.04. The van der Waals surface area contributed by atoms with Gasteiger partial charge in [0.2, 0.25) is 0 Å². The maximum Gasteiger partial charge on any atom is 0.302 e. The third-order valence-corrected chi connectivity index (χ3v) is 5.01. The maximum absolute atomic E-state index is 12.2. The summed E-state index contributed by atoms with van der Waals surface area (Å²) in [4.78, 5) is 7.67. The molecular weight excluding hydrogens is 288 g/mol. The predicted octanol–water partition coefficient (Wildman–Crippen LogP) is 2.05. The Hall–Kier alpha value is -0.920. The number of rotatable bonds is 4.